The first-order chi connectivity index (χ1) is 10.0. The molecular weight excluding hydrogens is 356 g/mol. The van der Waals surface area contributed by atoms with Gasteiger partial charge in [-0.1, -0.05) is 12.1 Å². The number of benzene rings is 1. The molecule has 0 aliphatic rings. The lowest BCUT2D eigenvalue weighted by Gasteiger charge is -2.07. The number of carbonyl (C=O) groups excluding carboxylic acids is 1. The van der Waals surface area contributed by atoms with E-state index in [-0.39, 0.29) is 11.6 Å². The summed E-state index contributed by atoms with van der Waals surface area (Å²) in [6.07, 6.45) is 0. The smallest absolute Gasteiger partial charge is 0.335 e. The van der Waals surface area contributed by atoms with Gasteiger partial charge in [-0.05, 0) is 45.8 Å². The molecule has 7 heteroatoms. The molecule has 0 radical (unpaired) electrons. The molecule has 110 valence electrons. The lowest BCUT2D eigenvalue weighted by Crippen LogP contribution is -2.34. The predicted molar refractivity (Wildman–Crippen MR) is 84.5 cm³/mol. The van der Waals surface area contributed by atoms with Crippen LogP contribution in [0, 0.1) is 0 Å². The van der Waals surface area contributed by atoms with Crippen LogP contribution in [0.2, 0.25) is 0 Å². The van der Waals surface area contributed by atoms with E-state index in [0.717, 1.165) is 14.2 Å². The summed E-state index contributed by atoms with van der Waals surface area (Å²) in [4.78, 5) is 23.4. The molecule has 0 aliphatic carbocycles. The fourth-order valence-electron chi connectivity index (χ4n) is 1.62. The number of aromatic carboxylic acids is 1. The third kappa shape index (κ3) is 4.87. The molecule has 5 nitrogen and oxygen atoms in total. The van der Waals surface area contributed by atoms with Crippen molar-refractivity contribution >= 4 is 39.3 Å². The minimum atomic E-state index is -0.964. The molecule has 21 heavy (non-hydrogen) atoms. The van der Waals surface area contributed by atoms with Crippen LogP contribution in [0.1, 0.15) is 20.8 Å². The van der Waals surface area contributed by atoms with Gasteiger partial charge in [0.1, 0.15) is 0 Å². The molecule has 0 bridgehead atoms. The van der Waals surface area contributed by atoms with Crippen LogP contribution in [0.4, 0.5) is 4.79 Å². The Morgan fingerprint density at radius 1 is 1.05 bits per heavy atom. The highest BCUT2D eigenvalue weighted by Gasteiger charge is 2.04. The number of urea groups is 1. The molecule has 2 rings (SSSR count). The highest BCUT2D eigenvalue weighted by Crippen LogP contribution is 2.21. The van der Waals surface area contributed by atoms with E-state index in [4.69, 9.17) is 5.11 Å². The summed E-state index contributed by atoms with van der Waals surface area (Å²) < 4.78 is 1.03. The highest BCUT2D eigenvalue weighted by molar-refractivity contribution is 9.11. The van der Waals surface area contributed by atoms with Gasteiger partial charge in [0.05, 0.1) is 15.9 Å². The van der Waals surface area contributed by atoms with Crippen LogP contribution in [0.15, 0.2) is 40.2 Å². The average molecular weight is 369 g/mol. The second-order valence-electron chi connectivity index (χ2n) is 4.24. The van der Waals surface area contributed by atoms with Crippen LogP contribution in [0.3, 0.4) is 0 Å². The normalized spacial score (nSPS) is 10.1. The molecule has 1 heterocycles. The monoisotopic (exact) mass is 368 g/mol. The molecule has 2 aromatic rings. The third-order valence-electron chi connectivity index (χ3n) is 2.71. The molecular formula is C14H13BrN2O3S. The zero-order valence-electron chi connectivity index (χ0n) is 10.9. The van der Waals surface area contributed by atoms with E-state index in [9.17, 15) is 9.59 Å². The predicted octanol–water partition coefficient (Wildman–Crippen LogP) is 3.21. The van der Waals surface area contributed by atoms with Gasteiger partial charge in [0.15, 0.2) is 0 Å². The largest absolute Gasteiger partial charge is 0.478 e. The fraction of sp³-hybridized carbons (Fsp3) is 0.143. The van der Waals surface area contributed by atoms with Crippen molar-refractivity contribution in [3.8, 4) is 0 Å². The summed E-state index contributed by atoms with van der Waals surface area (Å²) in [5, 5.41) is 14.3. The summed E-state index contributed by atoms with van der Waals surface area (Å²) in [7, 11) is 0. The quantitative estimate of drug-likeness (QED) is 0.757. The van der Waals surface area contributed by atoms with Crippen LogP contribution in [-0.4, -0.2) is 17.1 Å². The van der Waals surface area contributed by atoms with Gasteiger partial charge in [0, 0.05) is 11.4 Å². The van der Waals surface area contributed by atoms with E-state index in [1.54, 1.807) is 23.5 Å². The van der Waals surface area contributed by atoms with Gasteiger partial charge in [-0.2, -0.15) is 0 Å². The number of amides is 2. The second-order valence-corrected chi connectivity index (χ2v) is 6.79. The Morgan fingerprint density at radius 3 is 2.29 bits per heavy atom. The first-order valence-electron chi connectivity index (χ1n) is 6.13. The minimum absolute atomic E-state index is 0.228. The van der Waals surface area contributed by atoms with Crippen LogP contribution < -0.4 is 10.6 Å². The molecule has 0 fully saturated rings. The molecule has 2 amide bonds. The van der Waals surface area contributed by atoms with Gasteiger partial charge in [0.25, 0.3) is 0 Å². The van der Waals surface area contributed by atoms with Gasteiger partial charge in [0.2, 0.25) is 0 Å². The Morgan fingerprint density at radius 2 is 1.71 bits per heavy atom. The average Bonchev–Trinajstić information content (AvgIpc) is 2.89. The number of halogens is 1. The van der Waals surface area contributed by atoms with Crippen molar-refractivity contribution < 1.29 is 14.7 Å². The van der Waals surface area contributed by atoms with Crippen molar-refractivity contribution in [2.24, 2.45) is 0 Å². The number of hydrogen-bond donors (Lipinski definition) is 3. The van der Waals surface area contributed by atoms with Crippen molar-refractivity contribution in [3.05, 3.63) is 56.2 Å². The number of hydrogen-bond acceptors (Lipinski definition) is 3. The number of thiophene rings is 1. The van der Waals surface area contributed by atoms with Gasteiger partial charge in [-0.3, -0.25) is 0 Å². The van der Waals surface area contributed by atoms with Crippen LogP contribution >= 0.6 is 27.3 Å². The van der Waals surface area contributed by atoms with E-state index in [2.05, 4.69) is 26.6 Å². The lowest BCUT2D eigenvalue weighted by molar-refractivity contribution is 0.0697. The first-order valence-corrected chi connectivity index (χ1v) is 7.73. The molecule has 0 unspecified atom stereocenters. The zero-order valence-corrected chi connectivity index (χ0v) is 13.3. The van der Waals surface area contributed by atoms with Crippen LogP contribution in [0.5, 0.6) is 0 Å². The molecule has 1 aromatic heterocycles. The Balaban J connectivity index is 1.77. The molecule has 0 saturated heterocycles. The van der Waals surface area contributed by atoms with Crippen LogP contribution in [0.25, 0.3) is 0 Å². The van der Waals surface area contributed by atoms with Gasteiger partial charge in [-0.25, -0.2) is 9.59 Å². The zero-order chi connectivity index (χ0) is 15.2. The number of rotatable bonds is 5. The fourth-order valence-corrected chi connectivity index (χ4v) is 3.05. The maximum absolute atomic E-state index is 11.6. The Hall–Kier alpha value is -1.86. The third-order valence-corrected chi connectivity index (χ3v) is 4.33. The van der Waals surface area contributed by atoms with E-state index in [1.165, 1.54) is 12.1 Å². The number of carboxylic acids is 1. The summed E-state index contributed by atoms with van der Waals surface area (Å²) in [6, 6.07) is 10.0. The van der Waals surface area contributed by atoms with E-state index >= 15 is 0 Å². The van der Waals surface area contributed by atoms with Crippen molar-refractivity contribution in [3.63, 3.8) is 0 Å². The molecule has 3 N–H and O–H groups in total. The summed E-state index contributed by atoms with van der Waals surface area (Å²) in [5.74, 6) is -0.964. The molecule has 0 aliphatic heterocycles. The van der Waals surface area contributed by atoms with Crippen LogP contribution in [-0.2, 0) is 13.1 Å². The summed E-state index contributed by atoms with van der Waals surface area (Å²) in [5.41, 5.74) is 1.07. The van der Waals surface area contributed by atoms with E-state index < -0.39 is 5.97 Å². The van der Waals surface area contributed by atoms with Crippen molar-refractivity contribution in [2.75, 3.05) is 0 Å². The molecule has 0 atom stereocenters. The molecule has 1 aromatic carbocycles. The van der Waals surface area contributed by atoms with Crippen molar-refractivity contribution in [1.82, 2.24) is 10.6 Å². The summed E-state index contributed by atoms with van der Waals surface area (Å²) in [6.45, 7) is 0.819. The first kappa shape index (κ1) is 15.5. The Labute approximate surface area is 134 Å². The number of carboxylic acid groups (broad SMARTS) is 1. The highest BCUT2D eigenvalue weighted by atomic mass is 79.9. The molecule has 0 saturated carbocycles. The van der Waals surface area contributed by atoms with Crippen molar-refractivity contribution in [1.29, 1.82) is 0 Å². The van der Waals surface area contributed by atoms with E-state index in [1.807, 2.05) is 12.1 Å². The molecule has 0 spiro atoms. The lowest BCUT2D eigenvalue weighted by atomic mass is 10.1. The van der Waals surface area contributed by atoms with Gasteiger partial charge >= 0.3 is 12.0 Å². The standard InChI is InChI=1S/C14H13BrN2O3S/c15-12-6-5-11(21-12)8-17-14(20)16-7-9-1-3-10(4-2-9)13(18)19/h1-6H,7-8H2,(H,18,19)(H2,16,17,20). The Bertz CT molecular complexity index is 640. The number of carbonyl (C=O) groups is 2. The van der Waals surface area contributed by atoms with E-state index in [0.29, 0.717) is 13.1 Å². The second kappa shape index (κ2) is 7.24. The Kier molecular flexibility index (Phi) is 5.35. The minimum Gasteiger partial charge on any atom is -0.478 e. The SMILES string of the molecule is O=C(NCc1ccc(C(=O)O)cc1)NCc1ccc(Br)s1. The number of nitrogens with one attached hydrogen (secondary N) is 2. The van der Waals surface area contributed by atoms with Crippen molar-refractivity contribution in [2.45, 2.75) is 13.1 Å². The maximum atomic E-state index is 11.6. The van der Waals surface area contributed by atoms with Gasteiger partial charge in [-0.15, -0.1) is 11.3 Å². The summed E-state index contributed by atoms with van der Waals surface area (Å²) >= 11 is 4.93. The maximum Gasteiger partial charge on any atom is 0.335 e. The van der Waals surface area contributed by atoms with Gasteiger partial charge < -0.3 is 15.7 Å². The topological polar surface area (TPSA) is 78.4 Å².